The first-order chi connectivity index (χ1) is 12.3. The summed E-state index contributed by atoms with van der Waals surface area (Å²) < 4.78 is 0. The SMILES string of the molecule is CC(=O)[C@@H]1CCCN(C(=O)[C@@H](Cc2cnc[nH]2)NC(=O)C(N)C(C)C)C1. The predicted molar refractivity (Wildman–Crippen MR) is 97.0 cm³/mol. The number of hydrogen-bond donors (Lipinski definition) is 3. The number of aromatic nitrogens is 2. The maximum Gasteiger partial charge on any atom is 0.245 e. The van der Waals surface area contributed by atoms with Crippen molar-refractivity contribution in [3.05, 3.63) is 18.2 Å². The molecule has 0 aliphatic carbocycles. The van der Waals surface area contributed by atoms with Crippen molar-refractivity contribution in [1.82, 2.24) is 20.2 Å². The van der Waals surface area contributed by atoms with Gasteiger partial charge in [-0.15, -0.1) is 0 Å². The van der Waals surface area contributed by atoms with E-state index in [1.54, 1.807) is 18.0 Å². The number of carbonyl (C=O) groups is 3. The number of nitrogens with two attached hydrogens (primary N) is 1. The molecule has 1 fully saturated rings. The molecule has 26 heavy (non-hydrogen) atoms. The molecule has 0 saturated carbocycles. The molecule has 8 heteroatoms. The molecule has 1 unspecified atom stereocenters. The lowest BCUT2D eigenvalue weighted by atomic mass is 9.94. The third-order valence-corrected chi connectivity index (χ3v) is 4.92. The molecule has 1 aliphatic heterocycles. The molecule has 3 atom stereocenters. The summed E-state index contributed by atoms with van der Waals surface area (Å²) in [4.78, 5) is 45.7. The fourth-order valence-electron chi connectivity index (χ4n) is 3.12. The minimum atomic E-state index is -0.738. The van der Waals surface area contributed by atoms with Gasteiger partial charge in [-0.3, -0.25) is 14.4 Å². The van der Waals surface area contributed by atoms with Gasteiger partial charge in [0.15, 0.2) is 0 Å². The zero-order valence-electron chi connectivity index (χ0n) is 15.7. The van der Waals surface area contributed by atoms with Crippen LogP contribution >= 0.6 is 0 Å². The number of piperidine rings is 1. The number of rotatable bonds is 7. The number of amides is 2. The first-order valence-corrected chi connectivity index (χ1v) is 9.12. The number of ketones is 1. The topological polar surface area (TPSA) is 121 Å². The van der Waals surface area contributed by atoms with Crippen LogP contribution in [0.25, 0.3) is 0 Å². The quantitative estimate of drug-likeness (QED) is 0.641. The highest BCUT2D eigenvalue weighted by atomic mass is 16.2. The van der Waals surface area contributed by atoms with Gasteiger partial charge in [-0.05, 0) is 25.7 Å². The summed E-state index contributed by atoms with van der Waals surface area (Å²) in [6.45, 7) is 6.27. The monoisotopic (exact) mass is 363 g/mol. The molecule has 2 heterocycles. The second kappa shape index (κ2) is 8.93. The summed E-state index contributed by atoms with van der Waals surface area (Å²) in [5, 5.41) is 2.79. The number of H-pyrrole nitrogens is 1. The summed E-state index contributed by atoms with van der Waals surface area (Å²) >= 11 is 0. The van der Waals surface area contributed by atoms with Crippen molar-refractivity contribution in [1.29, 1.82) is 0 Å². The third-order valence-electron chi connectivity index (χ3n) is 4.92. The van der Waals surface area contributed by atoms with Crippen LogP contribution in [-0.2, 0) is 20.8 Å². The molecule has 2 amide bonds. The standard InChI is InChI=1S/C18H29N5O3/c1-11(2)16(19)17(25)22-15(7-14-8-20-10-21-14)18(26)23-6-4-5-13(9-23)12(3)24/h8,10-11,13,15-16H,4-7,9,19H2,1-3H3,(H,20,21)(H,22,25)/t13-,15-,16?/m1/s1. The maximum absolute atomic E-state index is 13.0. The lowest BCUT2D eigenvalue weighted by Crippen LogP contribution is -2.56. The van der Waals surface area contributed by atoms with Crippen molar-refractivity contribution in [3.63, 3.8) is 0 Å². The van der Waals surface area contributed by atoms with Gasteiger partial charge in [0, 0.05) is 37.3 Å². The van der Waals surface area contributed by atoms with E-state index < -0.39 is 12.1 Å². The van der Waals surface area contributed by atoms with E-state index in [4.69, 9.17) is 5.73 Å². The average molecular weight is 363 g/mol. The molecule has 144 valence electrons. The Kier molecular flexibility index (Phi) is 6.90. The normalized spacial score (nSPS) is 19.9. The van der Waals surface area contributed by atoms with Gasteiger partial charge < -0.3 is 20.9 Å². The van der Waals surface area contributed by atoms with E-state index in [1.165, 1.54) is 6.33 Å². The minimum absolute atomic E-state index is 0.0324. The number of nitrogens with one attached hydrogen (secondary N) is 2. The van der Waals surface area contributed by atoms with Crippen LogP contribution in [0.3, 0.4) is 0 Å². The highest BCUT2D eigenvalue weighted by molar-refractivity contribution is 5.90. The second-order valence-electron chi connectivity index (χ2n) is 7.35. The van der Waals surface area contributed by atoms with Gasteiger partial charge in [0.2, 0.25) is 11.8 Å². The first-order valence-electron chi connectivity index (χ1n) is 9.12. The molecule has 0 radical (unpaired) electrons. The Morgan fingerprint density at radius 3 is 2.73 bits per heavy atom. The van der Waals surface area contributed by atoms with Gasteiger partial charge in [-0.1, -0.05) is 13.8 Å². The predicted octanol–water partition coefficient (Wildman–Crippen LogP) is 0.248. The number of Topliss-reactive ketones (excluding diaryl/α,β-unsaturated/α-hetero) is 1. The Bertz CT molecular complexity index is 629. The van der Waals surface area contributed by atoms with Gasteiger partial charge in [-0.25, -0.2) is 4.98 Å². The molecular weight excluding hydrogens is 334 g/mol. The van der Waals surface area contributed by atoms with Crippen LogP contribution in [0, 0.1) is 11.8 Å². The van der Waals surface area contributed by atoms with E-state index in [9.17, 15) is 14.4 Å². The maximum atomic E-state index is 13.0. The van der Waals surface area contributed by atoms with Crippen molar-refractivity contribution in [3.8, 4) is 0 Å². The lowest BCUT2D eigenvalue weighted by molar-refractivity contribution is -0.139. The highest BCUT2D eigenvalue weighted by Crippen LogP contribution is 2.18. The van der Waals surface area contributed by atoms with Gasteiger partial charge in [0.05, 0.1) is 12.4 Å². The zero-order chi connectivity index (χ0) is 19.3. The van der Waals surface area contributed by atoms with Crippen LogP contribution < -0.4 is 11.1 Å². The van der Waals surface area contributed by atoms with E-state index in [0.29, 0.717) is 19.5 Å². The number of hydrogen-bond acceptors (Lipinski definition) is 5. The molecular formula is C18H29N5O3. The molecule has 0 bridgehead atoms. The van der Waals surface area contributed by atoms with Crippen molar-refractivity contribution < 1.29 is 14.4 Å². The number of nitrogens with zero attached hydrogens (tertiary/aromatic N) is 2. The van der Waals surface area contributed by atoms with E-state index in [-0.39, 0.29) is 29.4 Å². The summed E-state index contributed by atoms with van der Waals surface area (Å²) in [6, 6.07) is -1.42. The molecule has 8 nitrogen and oxygen atoms in total. The molecule has 1 aromatic rings. The van der Waals surface area contributed by atoms with Crippen molar-refractivity contribution in [2.24, 2.45) is 17.6 Å². The van der Waals surface area contributed by atoms with E-state index in [1.807, 2.05) is 13.8 Å². The average Bonchev–Trinajstić information content (AvgIpc) is 3.12. The van der Waals surface area contributed by atoms with Crippen LogP contribution in [0.1, 0.15) is 39.3 Å². The third kappa shape index (κ3) is 5.14. The van der Waals surface area contributed by atoms with Crippen LogP contribution in [0.15, 0.2) is 12.5 Å². The summed E-state index contributed by atoms with van der Waals surface area (Å²) in [6.07, 6.45) is 5.05. The van der Waals surface area contributed by atoms with Crippen LogP contribution in [0.2, 0.25) is 0 Å². The van der Waals surface area contributed by atoms with Crippen molar-refractivity contribution in [2.45, 2.75) is 52.1 Å². The van der Waals surface area contributed by atoms with Gasteiger partial charge in [0.25, 0.3) is 0 Å². The van der Waals surface area contributed by atoms with E-state index in [0.717, 1.165) is 18.5 Å². The molecule has 1 saturated heterocycles. The first kappa shape index (κ1) is 20.1. The number of imidazole rings is 1. The van der Waals surface area contributed by atoms with Gasteiger partial charge in [0.1, 0.15) is 11.8 Å². The number of carbonyl (C=O) groups excluding carboxylic acids is 3. The highest BCUT2D eigenvalue weighted by Gasteiger charge is 2.32. The molecule has 0 spiro atoms. The summed E-state index contributed by atoms with van der Waals surface area (Å²) in [5.41, 5.74) is 6.67. The van der Waals surface area contributed by atoms with Gasteiger partial charge >= 0.3 is 0 Å². The van der Waals surface area contributed by atoms with Gasteiger partial charge in [-0.2, -0.15) is 0 Å². The van der Waals surface area contributed by atoms with Crippen LogP contribution in [-0.4, -0.2) is 57.6 Å². The minimum Gasteiger partial charge on any atom is -0.348 e. The Hall–Kier alpha value is -2.22. The molecule has 0 aromatic carbocycles. The fraction of sp³-hybridized carbons (Fsp3) is 0.667. The van der Waals surface area contributed by atoms with Crippen molar-refractivity contribution in [2.75, 3.05) is 13.1 Å². The Morgan fingerprint density at radius 2 is 2.15 bits per heavy atom. The number of likely N-dealkylation sites (tertiary alicyclic amines) is 1. The largest absolute Gasteiger partial charge is 0.348 e. The number of aromatic amines is 1. The Morgan fingerprint density at radius 1 is 1.42 bits per heavy atom. The van der Waals surface area contributed by atoms with E-state index in [2.05, 4.69) is 15.3 Å². The van der Waals surface area contributed by atoms with Crippen LogP contribution in [0.4, 0.5) is 0 Å². The smallest absolute Gasteiger partial charge is 0.245 e. The van der Waals surface area contributed by atoms with Crippen molar-refractivity contribution >= 4 is 17.6 Å². The molecule has 1 aromatic heterocycles. The fourth-order valence-corrected chi connectivity index (χ4v) is 3.12. The van der Waals surface area contributed by atoms with Crippen LogP contribution in [0.5, 0.6) is 0 Å². The molecule has 2 rings (SSSR count). The lowest BCUT2D eigenvalue weighted by Gasteiger charge is -2.34. The second-order valence-corrected chi connectivity index (χ2v) is 7.35. The van der Waals surface area contributed by atoms with E-state index >= 15 is 0 Å². The Balaban J connectivity index is 2.12. The molecule has 1 aliphatic rings. The molecule has 4 N–H and O–H groups in total. The summed E-state index contributed by atoms with van der Waals surface area (Å²) in [7, 11) is 0. The Labute approximate surface area is 153 Å². The zero-order valence-corrected chi connectivity index (χ0v) is 15.7. The summed E-state index contributed by atoms with van der Waals surface area (Å²) in [5.74, 6) is -0.601.